The maximum atomic E-state index is 2.45. The van der Waals surface area contributed by atoms with Crippen molar-refractivity contribution in [3.63, 3.8) is 0 Å². The van der Waals surface area contributed by atoms with Crippen molar-refractivity contribution >= 4 is 0 Å². The lowest BCUT2D eigenvalue weighted by atomic mass is 10.0. The molecule has 2 saturated carbocycles. The first kappa shape index (κ1) is 10.5. The van der Waals surface area contributed by atoms with E-state index in [0.29, 0.717) is 0 Å². The van der Waals surface area contributed by atoms with Crippen molar-refractivity contribution in [1.82, 2.24) is 0 Å². The third-order valence-corrected chi connectivity index (χ3v) is 4.51. The van der Waals surface area contributed by atoms with Gasteiger partial charge in [0.25, 0.3) is 0 Å². The predicted molar refractivity (Wildman–Crippen MR) is 62.2 cm³/mol. The van der Waals surface area contributed by atoms with Crippen molar-refractivity contribution in [2.24, 2.45) is 23.2 Å². The van der Waals surface area contributed by atoms with Gasteiger partial charge in [-0.05, 0) is 36.0 Å². The van der Waals surface area contributed by atoms with Crippen molar-refractivity contribution in [2.45, 2.75) is 65.7 Å². The smallest absolute Gasteiger partial charge is 0.0320 e. The van der Waals surface area contributed by atoms with Gasteiger partial charge in [0.15, 0.2) is 0 Å². The maximum Gasteiger partial charge on any atom is -0.0320 e. The number of hydrogen-bond acceptors (Lipinski definition) is 0. The van der Waals surface area contributed by atoms with E-state index in [1.165, 1.54) is 38.5 Å². The molecule has 0 amide bonds. The second-order valence-corrected chi connectivity index (χ2v) is 6.31. The lowest BCUT2D eigenvalue weighted by Gasteiger charge is -2.02. The quantitative estimate of drug-likeness (QED) is 0.540. The summed E-state index contributed by atoms with van der Waals surface area (Å²) < 4.78 is 0. The van der Waals surface area contributed by atoms with E-state index in [1.807, 2.05) is 0 Å². The maximum absolute atomic E-state index is 2.45. The molecule has 0 aromatic carbocycles. The Labute approximate surface area is 89.5 Å². The molecule has 14 heavy (non-hydrogen) atoms. The van der Waals surface area contributed by atoms with Gasteiger partial charge in [-0.1, -0.05) is 52.9 Å². The zero-order valence-electron chi connectivity index (χ0n) is 10.2. The molecule has 2 aliphatic rings. The van der Waals surface area contributed by atoms with Crippen LogP contribution in [0.5, 0.6) is 0 Å². The minimum Gasteiger partial charge on any atom is -0.0654 e. The predicted octanol–water partition coefficient (Wildman–Crippen LogP) is 4.64. The van der Waals surface area contributed by atoms with Crippen LogP contribution in [0.25, 0.3) is 0 Å². The summed E-state index contributed by atoms with van der Waals surface area (Å²) in [5.41, 5.74) is 0.725. The molecule has 3 atom stereocenters. The fourth-order valence-electron chi connectivity index (χ4n) is 3.17. The first-order valence-corrected chi connectivity index (χ1v) is 6.65. The van der Waals surface area contributed by atoms with Gasteiger partial charge in [-0.25, -0.2) is 0 Å². The van der Waals surface area contributed by atoms with Crippen molar-refractivity contribution in [3.8, 4) is 0 Å². The molecule has 0 radical (unpaired) electrons. The molecule has 0 aromatic heterocycles. The molecule has 0 heterocycles. The third-order valence-electron chi connectivity index (χ3n) is 4.51. The van der Waals surface area contributed by atoms with E-state index >= 15 is 0 Å². The lowest BCUT2D eigenvalue weighted by Crippen LogP contribution is -1.94. The van der Waals surface area contributed by atoms with Crippen LogP contribution in [0.2, 0.25) is 0 Å². The summed E-state index contributed by atoms with van der Waals surface area (Å²) in [6, 6.07) is 0. The van der Waals surface area contributed by atoms with Crippen LogP contribution >= 0.6 is 0 Å². The number of unbranched alkanes of at least 4 members (excludes halogenated alkanes) is 3. The lowest BCUT2D eigenvalue weighted by molar-refractivity contribution is 0.475. The number of hydrogen-bond donors (Lipinski definition) is 0. The van der Waals surface area contributed by atoms with Crippen LogP contribution < -0.4 is 0 Å². The molecular formula is C14H26. The first-order valence-electron chi connectivity index (χ1n) is 6.65. The van der Waals surface area contributed by atoms with Crippen LogP contribution in [0.4, 0.5) is 0 Å². The van der Waals surface area contributed by atoms with E-state index in [-0.39, 0.29) is 0 Å². The van der Waals surface area contributed by atoms with Crippen LogP contribution in [0, 0.1) is 23.2 Å². The Morgan fingerprint density at radius 2 is 1.86 bits per heavy atom. The van der Waals surface area contributed by atoms with Gasteiger partial charge < -0.3 is 0 Å². The molecule has 2 rings (SSSR count). The SMILES string of the molecule is CCCCCCC1CC1C1CC1(C)C. The second kappa shape index (κ2) is 3.87. The Morgan fingerprint density at radius 1 is 1.14 bits per heavy atom. The number of rotatable bonds is 6. The first-order chi connectivity index (χ1) is 6.65. The Morgan fingerprint density at radius 3 is 2.43 bits per heavy atom. The molecule has 0 saturated heterocycles. The zero-order valence-corrected chi connectivity index (χ0v) is 10.2. The van der Waals surface area contributed by atoms with Gasteiger partial charge in [-0.15, -0.1) is 0 Å². The molecule has 2 aliphatic carbocycles. The van der Waals surface area contributed by atoms with E-state index in [1.54, 1.807) is 6.42 Å². The second-order valence-electron chi connectivity index (χ2n) is 6.31. The van der Waals surface area contributed by atoms with Gasteiger partial charge in [0.2, 0.25) is 0 Å². The van der Waals surface area contributed by atoms with Crippen molar-refractivity contribution < 1.29 is 0 Å². The fraction of sp³-hybridized carbons (Fsp3) is 1.00. The van der Waals surface area contributed by atoms with Gasteiger partial charge >= 0.3 is 0 Å². The van der Waals surface area contributed by atoms with E-state index in [9.17, 15) is 0 Å². The third kappa shape index (κ3) is 2.32. The monoisotopic (exact) mass is 194 g/mol. The molecule has 0 aliphatic heterocycles. The zero-order chi connectivity index (χ0) is 10.2. The van der Waals surface area contributed by atoms with Crippen LogP contribution in [0.15, 0.2) is 0 Å². The van der Waals surface area contributed by atoms with Gasteiger partial charge in [-0.2, -0.15) is 0 Å². The summed E-state index contributed by atoms with van der Waals surface area (Å²) in [4.78, 5) is 0. The summed E-state index contributed by atoms with van der Waals surface area (Å²) in [5.74, 6) is 3.39. The highest BCUT2D eigenvalue weighted by Gasteiger charge is 2.57. The van der Waals surface area contributed by atoms with Gasteiger partial charge in [0.1, 0.15) is 0 Å². The summed E-state index contributed by atoms with van der Waals surface area (Å²) in [7, 11) is 0. The van der Waals surface area contributed by atoms with Gasteiger partial charge in [-0.3, -0.25) is 0 Å². The van der Waals surface area contributed by atoms with E-state index in [4.69, 9.17) is 0 Å². The van der Waals surface area contributed by atoms with Crippen LogP contribution in [-0.4, -0.2) is 0 Å². The largest absolute Gasteiger partial charge is 0.0654 e. The Kier molecular flexibility index (Phi) is 2.91. The summed E-state index contributed by atoms with van der Waals surface area (Å²) >= 11 is 0. The minimum atomic E-state index is 0.725. The Balaban J connectivity index is 1.55. The van der Waals surface area contributed by atoms with Gasteiger partial charge in [0.05, 0.1) is 0 Å². The van der Waals surface area contributed by atoms with E-state index in [0.717, 1.165) is 23.2 Å². The van der Waals surface area contributed by atoms with Crippen molar-refractivity contribution in [1.29, 1.82) is 0 Å². The van der Waals surface area contributed by atoms with E-state index in [2.05, 4.69) is 20.8 Å². The van der Waals surface area contributed by atoms with Crippen LogP contribution in [0.3, 0.4) is 0 Å². The van der Waals surface area contributed by atoms with Crippen LogP contribution in [-0.2, 0) is 0 Å². The highest BCUT2D eigenvalue weighted by molar-refractivity contribution is 5.06. The molecule has 3 unspecified atom stereocenters. The Hall–Kier alpha value is 0. The molecule has 0 aromatic rings. The Bertz CT molecular complexity index is 192. The molecular weight excluding hydrogens is 168 g/mol. The molecule has 0 spiro atoms. The topological polar surface area (TPSA) is 0 Å². The molecule has 0 N–H and O–H groups in total. The average molecular weight is 194 g/mol. The van der Waals surface area contributed by atoms with Crippen LogP contribution in [0.1, 0.15) is 65.7 Å². The average Bonchev–Trinajstić information content (AvgIpc) is 2.98. The molecule has 0 nitrogen and oxygen atoms in total. The highest BCUT2D eigenvalue weighted by atomic mass is 14.6. The highest BCUT2D eigenvalue weighted by Crippen LogP contribution is 2.65. The molecule has 2 fully saturated rings. The summed E-state index contributed by atoms with van der Waals surface area (Å²) in [6.45, 7) is 7.20. The molecule has 0 bridgehead atoms. The minimum absolute atomic E-state index is 0.725. The van der Waals surface area contributed by atoms with Crippen molar-refractivity contribution in [3.05, 3.63) is 0 Å². The molecule has 82 valence electrons. The fourth-order valence-corrected chi connectivity index (χ4v) is 3.17. The van der Waals surface area contributed by atoms with Gasteiger partial charge in [0, 0.05) is 0 Å². The van der Waals surface area contributed by atoms with Crippen molar-refractivity contribution in [2.75, 3.05) is 0 Å². The van der Waals surface area contributed by atoms with E-state index < -0.39 is 0 Å². The molecule has 0 heteroatoms. The standard InChI is InChI=1S/C14H26/c1-4-5-6-7-8-11-9-12(11)13-10-14(13,2)3/h11-13H,4-10H2,1-3H3. The normalized spacial score (nSPS) is 38.4. The summed E-state index contributed by atoms with van der Waals surface area (Å²) in [6.07, 6.45) is 10.4. The summed E-state index contributed by atoms with van der Waals surface area (Å²) in [5, 5.41) is 0.